The summed E-state index contributed by atoms with van der Waals surface area (Å²) in [5, 5.41) is 58.5. The Morgan fingerprint density at radius 1 is 0.930 bits per heavy atom. The molecule has 2 aliphatic heterocycles. The zero-order chi connectivity index (χ0) is 41.6. The molecule has 0 bridgehead atoms. The molecular weight excluding hydrogens is 752 g/mol. The predicted molar refractivity (Wildman–Crippen MR) is 190 cm³/mol. The number of phenols is 2. The third-order valence-electron chi connectivity index (χ3n) is 11.9. The van der Waals surface area contributed by atoms with Gasteiger partial charge < -0.3 is 54.0 Å². The number of fused-ring (bicyclic) bond motifs is 5. The Bertz CT molecular complexity index is 2170. The van der Waals surface area contributed by atoms with Gasteiger partial charge in [-0.25, -0.2) is 4.79 Å². The van der Waals surface area contributed by atoms with Crippen molar-refractivity contribution in [1.82, 2.24) is 0 Å². The predicted octanol–water partition coefficient (Wildman–Crippen LogP) is 1.10. The van der Waals surface area contributed by atoms with Gasteiger partial charge in [0, 0.05) is 62.2 Å². The second-order valence-electron chi connectivity index (χ2n) is 15.0. The van der Waals surface area contributed by atoms with E-state index in [1.165, 1.54) is 20.1 Å². The third kappa shape index (κ3) is 5.66. The molecule has 2 heterocycles. The van der Waals surface area contributed by atoms with Gasteiger partial charge in [0.05, 0.1) is 36.5 Å². The molecule has 304 valence electrons. The highest BCUT2D eigenvalue weighted by atomic mass is 16.7. The van der Waals surface area contributed by atoms with Crippen LogP contribution in [0.5, 0.6) is 11.5 Å². The number of esters is 1. The lowest BCUT2D eigenvalue weighted by atomic mass is 9.56. The molecule has 10 atom stereocenters. The number of hydrogen-bond donors (Lipinski definition) is 5. The van der Waals surface area contributed by atoms with Crippen LogP contribution in [0.1, 0.15) is 102 Å². The molecule has 17 nitrogen and oxygen atoms in total. The molecule has 2 unspecified atom stereocenters. The van der Waals surface area contributed by atoms with Gasteiger partial charge in [-0.3, -0.25) is 24.0 Å². The number of benzene rings is 2. The van der Waals surface area contributed by atoms with E-state index in [1.807, 2.05) is 0 Å². The second-order valence-corrected chi connectivity index (χ2v) is 15.0. The van der Waals surface area contributed by atoms with Crippen molar-refractivity contribution < 1.29 is 82.7 Å². The molecular formula is C40H42O17. The normalized spacial score (nSPS) is 33.6. The number of methoxy groups -OCH3 is 3. The Balaban J connectivity index is 1.26. The first-order valence-corrected chi connectivity index (χ1v) is 18.3. The Hall–Kier alpha value is -4.72. The molecule has 0 aromatic heterocycles. The van der Waals surface area contributed by atoms with Crippen molar-refractivity contribution in [3.05, 3.63) is 68.3 Å². The second kappa shape index (κ2) is 14.3. The molecule has 5 N–H and O–H groups in total. The molecule has 0 spiro atoms. The molecule has 3 aliphatic carbocycles. The number of ether oxygens (including phenoxy) is 6. The minimum absolute atomic E-state index is 0.0104. The first-order chi connectivity index (χ1) is 26.9. The molecule has 0 amide bonds. The number of Topliss-reactive ketones (excluding diaryl/α,β-unsaturated/α-hetero) is 4. The van der Waals surface area contributed by atoms with Crippen molar-refractivity contribution in [2.45, 2.75) is 107 Å². The maximum absolute atomic E-state index is 14.7. The average molecular weight is 795 g/mol. The van der Waals surface area contributed by atoms with Crippen LogP contribution < -0.4 is 0 Å². The average Bonchev–Trinajstić information content (AvgIpc) is 3.15. The molecule has 0 saturated carbocycles. The van der Waals surface area contributed by atoms with Crippen molar-refractivity contribution in [3.63, 3.8) is 0 Å². The smallest absolute Gasteiger partial charge is 0.341 e. The summed E-state index contributed by atoms with van der Waals surface area (Å²) in [6.07, 6.45) is -8.06. The minimum atomic E-state index is -3.25. The van der Waals surface area contributed by atoms with Crippen molar-refractivity contribution >= 4 is 34.9 Å². The molecule has 2 saturated heterocycles. The van der Waals surface area contributed by atoms with E-state index in [1.54, 1.807) is 13.8 Å². The van der Waals surface area contributed by atoms with E-state index >= 15 is 0 Å². The summed E-state index contributed by atoms with van der Waals surface area (Å²) in [7, 11) is 3.26. The molecule has 57 heavy (non-hydrogen) atoms. The van der Waals surface area contributed by atoms with Crippen molar-refractivity contribution in [2.75, 3.05) is 21.3 Å². The van der Waals surface area contributed by atoms with Gasteiger partial charge in [-0.15, -0.1) is 0 Å². The maximum Gasteiger partial charge on any atom is 0.341 e. The summed E-state index contributed by atoms with van der Waals surface area (Å²) in [6.45, 7) is 4.66. The monoisotopic (exact) mass is 794 g/mol. The molecule has 2 aromatic carbocycles. The lowest BCUT2D eigenvalue weighted by Crippen LogP contribution is -2.73. The number of ketones is 5. The fourth-order valence-electron chi connectivity index (χ4n) is 9.14. The van der Waals surface area contributed by atoms with Crippen LogP contribution in [0.2, 0.25) is 0 Å². The standard InChI is InChI=1S/C40H42O17/c1-14-9-17-12-24(43)40(54-6)37(49)28-20(36(48)39(40,51)29(17)32(46)26(14)38(50)53-5)13-19-27(31(28)45)22(42)10-18(30(19)44)11-23-35(52-4)33(47)34(16(3)55-23)57-25-8-7-21(41)15(2)56-25/h9-10,13,15-16,23-25,33-35,43,45-47,51H,7-8,11-12H2,1-6H3/t15-,16-,23?,24+,25?,33+,34-,35-,39-,40+/m0/s1. The summed E-state index contributed by atoms with van der Waals surface area (Å²) in [5.74, 6) is -7.67. The highest BCUT2D eigenvalue weighted by Crippen LogP contribution is 2.56. The molecule has 2 fully saturated rings. The fourth-order valence-corrected chi connectivity index (χ4v) is 9.14. The van der Waals surface area contributed by atoms with Gasteiger partial charge >= 0.3 is 5.97 Å². The number of aliphatic hydroxyl groups excluding tert-OH is 2. The van der Waals surface area contributed by atoms with E-state index in [4.69, 9.17) is 28.4 Å². The van der Waals surface area contributed by atoms with Crippen LogP contribution in [-0.2, 0) is 45.2 Å². The van der Waals surface area contributed by atoms with Gasteiger partial charge in [0.15, 0.2) is 34.8 Å². The molecule has 5 aliphatic rings. The number of aryl methyl sites for hydroxylation is 1. The lowest BCUT2D eigenvalue weighted by molar-refractivity contribution is -0.285. The van der Waals surface area contributed by atoms with Gasteiger partial charge in [0.1, 0.15) is 41.5 Å². The highest BCUT2D eigenvalue weighted by Gasteiger charge is 2.72. The summed E-state index contributed by atoms with van der Waals surface area (Å²) in [4.78, 5) is 81.9. The highest BCUT2D eigenvalue weighted by molar-refractivity contribution is 6.31. The molecule has 17 heteroatoms. The van der Waals surface area contributed by atoms with E-state index in [-0.39, 0.29) is 41.7 Å². The van der Waals surface area contributed by atoms with Crippen LogP contribution in [0, 0.1) is 6.92 Å². The van der Waals surface area contributed by atoms with Crippen LogP contribution >= 0.6 is 0 Å². The van der Waals surface area contributed by atoms with Crippen LogP contribution in [-0.4, -0.2) is 136 Å². The van der Waals surface area contributed by atoms with Crippen LogP contribution in [0.3, 0.4) is 0 Å². The number of aliphatic hydroxyl groups is 3. The van der Waals surface area contributed by atoms with Crippen molar-refractivity contribution in [3.8, 4) is 11.5 Å². The maximum atomic E-state index is 14.7. The summed E-state index contributed by atoms with van der Waals surface area (Å²) in [6, 6.07) is 2.20. The Kier molecular flexibility index (Phi) is 10.1. The molecule has 7 rings (SSSR count). The topological polar surface area (TPSA) is 259 Å². The Morgan fingerprint density at radius 3 is 2.26 bits per heavy atom. The van der Waals surface area contributed by atoms with E-state index in [0.717, 1.165) is 26.4 Å². The number of aromatic hydroxyl groups is 2. The molecule has 2 aromatic rings. The quantitative estimate of drug-likeness (QED) is 0.246. The number of carbonyl (C=O) groups excluding carboxylic acids is 6. The Morgan fingerprint density at radius 2 is 1.63 bits per heavy atom. The van der Waals surface area contributed by atoms with Crippen molar-refractivity contribution in [1.29, 1.82) is 0 Å². The number of phenolic OH excluding ortho intramolecular Hbond substituents is 2. The zero-order valence-corrected chi connectivity index (χ0v) is 31.8. The third-order valence-corrected chi connectivity index (χ3v) is 11.9. The Labute approximate surface area is 325 Å². The summed E-state index contributed by atoms with van der Waals surface area (Å²) in [5.41, 5.74) is -9.94. The largest absolute Gasteiger partial charge is 0.507 e. The minimum Gasteiger partial charge on any atom is -0.507 e. The number of carbonyl (C=O) groups is 6. The van der Waals surface area contributed by atoms with Gasteiger partial charge in [0.2, 0.25) is 11.6 Å². The lowest BCUT2D eigenvalue weighted by Gasteiger charge is -2.52. The summed E-state index contributed by atoms with van der Waals surface area (Å²) >= 11 is 0. The van der Waals surface area contributed by atoms with E-state index in [2.05, 4.69) is 0 Å². The van der Waals surface area contributed by atoms with Gasteiger partial charge in [-0.2, -0.15) is 0 Å². The molecule has 0 radical (unpaired) electrons. The van der Waals surface area contributed by atoms with Crippen LogP contribution in [0.15, 0.2) is 23.8 Å². The van der Waals surface area contributed by atoms with Gasteiger partial charge in [-0.05, 0) is 44.0 Å². The van der Waals surface area contributed by atoms with E-state index < -0.39 is 141 Å². The van der Waals surface area contributed by atoms with Gasteiger partial charge in [-0.1, -0.05) is 6.07 Å². The fraction of sp³-hybridized carbons (Fsp3) is 0.500. The first-order valence-electron chi connectivity index (χ1n) is 18.3. The SMILES string of the molecule is COC(=O)c1c(C)cc2c(c1O)[C@]1(O)C(=O)c3cc4c(c(O)c3C(=O)[C@]1(OC)[C@H](O)C2)C(=O)C=C(CC1O[C@@H](C)[C@H](OC2CCC(=O)[C@H](C)O2)[C@@H](O)[C@H]1OC)C4=O. The van der Waals surface area contributed by atoms with E-state index in [0.29, 0.717) is 0 Å². The van der Waals surface area contributed by atoms with Crippen LogP contribution in [0.4, 0.5) is 0 Å². The van der Waals surface area contributed by atoms with E-state index in [9.17, 15) is 54.3 Å². The first kappa shape index (κ1) is 40.5. The number of rotatable bonds is 7. The zero-order valence-electron chi connectivity index (χ0n) is 31.8. The van der Waals surface area contributed by atoms with Crippen LogP contribution in [0.25, 0.3) is 0 Å². The number of hydrogen-bond acceptors (Lipinski definition) is 17. The summed E-state index contributed by atoms with van der Waals surface area (Å²) < 4.78 is 33.7. The van der Waals surface area contributed by atoms with Crippen molar-refractivity contribution in [2.24, 2.45) is 0 Å². The number of allylic oxidation sites excluding steroid dienone is 1. The van der Waals surface area contributed by atoms with Gasteiger partial charge in [0.25, 0.3) is 0 Å².